The molecule has 0 aliphatic carbocycles. The van der Waals surface area contributed by atoms with Gasteiger partial charge in [0, 0.05) is 0 Å². The van der Waals surface area contributed by atoms with Gasteiger partial charge in [0.25, 0.3) is 0 Å². The van der Waals surface area contributed by atoms with Crippen molar-refractivity contribution in [1.82, 2.24) is 0 Å². The summed E-state index contributed by atoms with van der Waals surface area (Å²) in [4.78, 5) is 0. The molecule has 0 unspecified atom stereocenters. The molecule has 0 nitrogen and oxygen atoms in total. The normalized spacial score (nSPS) is 12.4. The minimum Gasteiger partial charge on any atom is -0.0988 e. The van der Waals surface area contributed by atoms with Gasteiger partial charge in [-0.1, -0.05) is 37.8 Å². The summed E-state index contributed by atoms with van der Waals surface area (Å²) in [5.41, 5.74) is 1.30. The lowest BCUT2D eigenvalue weighted by atomic mass is 10.1. The Labute approximate surface area is 64.0 Å². The Hall–Kier alpha value is -0.780. The first kappa shape index (κ1) is 9.22. The summed E-state index contributed by atoms with van der Waals surface area (Å²) in [6.07, 6.45) is 10.5. The molecule has 0 aromatic rings. The summed E-state index contributed by atoms with van der Waals surface area (Å²) >= 11 is 0. The van der Waals surface area contributed by atoms with Gasteiger partial charge in [-0.3, -0.25) is 0 Å². The Morgan fingerprint density at radius 1 is 1.40 bits per heavy atom. The third kappa shape index (κ3) is 4.13. The molecule has 0 aromatic heterocycles. The van der Waals surface area contributed by atoms with E-state index in [9.17, 15) is 0 Å². The van der Waals surface area contributed by atoms with Gasteiger partial charge in [-0.25, -0.2) is 0 Å². The first-order valence-electron chi connectivity index (χ1n) is 3.77. The number of rotatable bonds is 4. The van der Waals surface area contributed by atoms with Crippen molar-refractivity contribution in [2.75, 3.05) is 0 Å². The second-order valence-corrected chi connectivity index (χ2v) is 2.15. The fraction of sp³-hybridized carbons (Fsp3) is 0.400. The van der Waals surface area contributed by atoms with Gasteiger partial charge < -0.3 is 0 Å². The van der Waals surface area contributed by atoms with Gasteiger partial charge in [0.1, 0.15) is 0 Å². The summed E-state index contributed by atoms with van der Waals surface area (Å²) in [7, 11) is 0. The predicted molar refractivity (Wildman–Crippen MR) is 48.0 cm³/mol. The van der Waals surface area contributed by atoms with Crippen molar-refractivity contribution in [3.63, 3.8) is 0 Å². The van der Waals surface area contributed by atoms with Crippen LogP contribution >= 0.6 is 0 Å². The van der Waals surface area contributed by atoms with E-state index in [1.807, 2.05) is 13.0 Å². The van der Waals surface area contributed by atoms with Crippen molar-refractivity contribution in [2.24, 2.45) is 0 Å². The third-order valence-electron chi connectivity index (χ3n) is 1.39. The molecule has 0 aromatic carbocycles. The van der Waals surface area contributed by atoms with E-state index in [0.29, 0.717) is 0 Å². The van der Waals surface area contributed by atoms with Gasteiger partial charge in [-0.2, -0.15) is 0 Å². The van der Waals surface area contributed by atoms with Crippen molar-refractivity contribution in [1.29, 1.82) is 0 Å². The lowest BCUT2D eigenvalue weighted by Crippen LogP contribution is -1.71. The van der Waals surface area contributed by atoms with E-state index in [2.05, 4.69) is 31.7 Å². The molecule has 0 heterocycles. The maximum atomic E-state index is 3.71. The van der Waals surface area contributed by atoms with E-state index in [4.69, 9.17) is 0 Å². The molecule has 0 spiro atoms. The molecule has 0 fully saturated rings. The van der Waals surface area contributed by atoms with Crippen LogP contribution in [0.1, 0.15) is 26.7 Å². The third-order valence-corrected chi connectivity index (χ3v) is 1.39. The van der Waals surface area contributed by atoms with Crippen LogP contribution in [0.25, 0.3) is 0 Å². The van der Waals surface area contributed by atoms with Crippen LogP contribution in [0.2, 0.25) is 0 Å². The Kier molecular flexibility index (Phi) is 5.85. The topological polar surface area (TPSA) is 0 Å². The summed E-state index contributed by atoms with van der Waals surface area (Å²) in [6.45, 7) is 7.89. The van der Waals surface area contributed by atoms with Crippen LogP contribution in [-0.2, 0) is 0 Å². The van der Waals surface area contributed by atoms with Gasteiger partial charge >= 0.3 is 0 Å². The fourth-order valence-corrected chi connectivity index (χ4v) is 0.705. The lowest BCUT2D eigenvalue weighted by Gasteiger charge is -1.92. The molecule has 0 aliphatic heterocycles. The van der Waals surface area contributed by atoms with Crippen LogP contribution in [-0.4, -0.2) is 0 Å². The maximum absolute atomic E-state index is 3.71. The molecular formula is C10H16. The second-order valence-electron chi connectivity index (χ2n) is 2.15. The number of allylic oxidation sites excluding steroid dienone is 5. The summed E-state index contributed by atoms with van der Waals surface area (Å²) in [6, 6.07) is 0. The predicted octanol–water partition coefficient (Wildman–Crippen LogP) is 3.48. The highest BCUT2D eigenvalue weighted by Gasteiger charge is 1.82. The molecule has 0 radical (unpaired) electrons. The van der Waals surface area contributed by atoms with Crippen molar-refractivity contribution >= 4 is 0 Å². The first-order valence-corrected chi connectivity index (χ1v) is 3.77. The molecule has 0 bridgehead atoms. The van der Waals surface area contributed by atoms with Crippen molar-refractivity contribution < 1.29 is 0 Å². The highest BCUT2D eigenvalue weighted by Crippen LogP contribution is 2.02. The highest BCUT2D eigenvalue weighted by atomic mass is 13.9. The Morgan fingerprint density at radius 2 is 2.10 bits per heavy atom. The van der Waals surface area contributed by atoms with Crippen molar-refractivity contribution in [3.8, 4) is 0 Å². The quantitative estimate of drug-likeness (QED) is 0.410. The Morgan fingerprint density at radius 3 is 2.50 bits per heavy atom. The average Bonchev–Trinajstić information content (AvgIpc) is 1.99. The standard InChI is InChI=1S/C10H16/c1-4-7-8-9-10(5-2)6-3/h5-8H,2,4,9H2,1,3H3/b8-7-,10-6-. The Bertz CT molecular complexity index is 138. The van der Waals surface area contributed by atoms with E-state index >= 15 is 0 Å². The van der Waals surface area contributed by atoms with Gasteiger partial charge in [-0.15, -0.1) is 0 Å². The zero-order valence-corrected chi connectivity index (χ0v) is 6.93. The van der Waals surface area contributed by atoms with Gasteiger partial charge in [0.2, 0.25) is 0 Å². The number of hydrogen-bond acceptors (Lipinski definition) is 0. The van der Waals surface area contributed by atoms with Gasteiger partial charge in [-0.05, 0) is 25.3 Å². The smallest absolute Gasteiger partial charge is 0.0101 e. The van der Waals surface area contributed by atoms with Crippen molar-refractivity contribution in [3.05, 3.63) is 36.5 Å². The molecule has 0 N–H and O–H groups in total. The van der Waals surface area contributed by atoms with E-state index in [1.165, 1.54) is 5.57 Å². The molecule has 0 amide bonds. The molecule has 10 heavy (non-hydrogen) atoms. The van der Waals surface area contributed by atoms with Crippen LogP contribution in [0, 0.1) is 0 Å². The van der Waals surface area contributed by atoms with Crippen LogP contribution in [0.15, 0.2) is 36.5 Å². The maximum Gasteiger partial charge on any atom is -0.0101 e. The number of hydrogen-bond donors (Lipinski definition) is 0. The zero-order valence-electron chi connectivity index (χ0n) is 6.93. The highest BCUT2D eigenvalue weighted by molar-refractivity contribution is 5.18. The summed E-state index contributed by atoms with van der Waals surface area (Å²) < 4.78 is 0. The molecule has 0 saturated heterocycles. The summed E-state index contributed by atoms with van der Waals surface area (Å²) in [5, 5.41) is 0. The van der Waals surface area contributed by atoms with Crippen LogP contribution in [0.3, 0.4) is 0 Å². The molecule has 56 valence electrons. The molecule has 0 rings (SSSR count). The Balaban J connectivity index is 3.66. The molecule has 0 saturated carbocycles. The van der Waals surface area contributed by atoms with E-state index in [0.717, 1.165) is 12.8 Å². The van der Waals surface area contributed by atoms with E-state index in [1.54, 1.807) is 0 Å². The minimum absolute atomic E-state index is 1.02. The van der Waals surface area contributed by atoms with Crippen LogP contribution in [0.5, 0.6) is 0 Å². The largest absolute Gasteiger partial charge is 0.0988 e. The SMILES string of the molecule is C=C/C(=C/C)C/C=C\CC. The summed E-state index contributed by atoms with van der Waals surface area (Å²) in [5.74, 6) is 0. The van der Waals surface area contributed by atoms with E-state index in [-0.39, 0.29) is 0 Å². The molecule has 0 atom stereocenters. The van der Waals surface area contributed by atoms with Crippen molar-refractivity contribution in [2.45, 2.75) is 26.7 Å². The van der Waals surface area contributed by atoms with Crippen LogP contribution in [0.4, 0.5) is 0 Å². The minimum atomic E-state index is 1.02. The zero-order chi connectivity index (χ0) is 7.82. The second kappa shape index (κ2) is 6.34. The monoisotopic (exact) mass is 136 g/mol. The lowest BCUT2D eigenvalue weighted by molar-refractivity contribution is 1.18. The van der Waals surface area contributed by atoms with Gasteiger partial charge in [0.15, 0.2) is 0 Å². The average molecular weight is 136 g/mol. The molecule has 0 aliphatic rings. The molecular weight excluding hydrogens is 120 g/mol. The van der Waals surface area contributed by atoms with Gasteiger partial charge in [0.05, 0.1) is 0 Å². The fourth-order valence-electron chi connectivity index (χ4n) is 0.705. The first-order chi connectivity index (χ1) is 4.85. The molecule has 0 heteroatoms. The van der Waals surface area contributed by atoms with E-state index < -0.39 is 0 Å². The van der Waals surface area contributed by atoms with Crippen LogP contribution < -0.4 is 0 Å².